The van der Waals surface area contributed by atoms with Crippen LogP contribution in [0.25, 0.3) is 11.3 Å². The van der Waals surface area contributed by atoms with Gasteiger partial charge in [-0.25, -0.2) is 9.97 Å². The molecule has 2 heteroatoms. The molecule has 0 amide bonds. The lowest BCUT2D eigenvalue weighted by atomic mass is 10.1. The molecule has 0 fully saturated rings. The summed E-state index contributed by atoms with van der Waals surface area (Å²) in [6.07, 6.45) is 1.79. The lowest BCUT2D eigenvalue weighted by molar-refractivity contribution is 1.06. The van der Waals surface area contributed by atoms with Gasteiger partial charge in [0.25, 0.3) is 0 Å². The van der Waals surface area contributed by atoms with Crippen LogP contribution in [0.5, 0.6) is 0 Å². The van der Waals surface area contributed by atoms with Crippen LogP contribution < -0.4 is 0 Å². The largest absolute Gasteiger partial charge is 0.242 e. The minimum Gasteiger partial charge on any atom is -0.242 e. The van der Waals surface area contributed by atoms with Gasteiger partial charge in [0.2, 0.25) is 0 Å². The lowest BCUT2D eigenvalue weighted by Crippen LogP contribution is -1.89. The Morgan fingerprint density at radius 3 is 2.06 bits per heavy atom. The van der Waals surface area contributed by atoms with Crippen LogP contribution in [0.2, 0.25) is 0 Å². The van der Waals surface area contributed by atoms with Crippen LogP contribution in [-0.2, 0) is 0 Å². The maximum Gasteiger partial charge on any atom is 0.125 e. The summed E-state index contributed by atoms with van der Waals surface area (Å²) in [4.78, 5) is 8.43. The third-order valence-electron chi connectivity index (χ3n) is 2.12. The predicted molar refractivity (Wildman–Crippen MR) is 68.3 cm³/mol. The number of aromatic nitrogens is 2. The molecular formula is C14H18N2. The van der Waals surface area contributed by atoms with Crippen molar-refractivity contribution in [2.75, 3.05) is 0 Å². The highest BCUT2D eigenvalue weighted by atomic mass is 14.9. The standard InChI is InChI=1S/C12H12N2.C2H6/c1-9-3-5-11(6-4-9)12-7-8-13-10(2)14-12;1-2/h3-8H,1-2H3;1-2H3. The summed E-state index contributed by atoms with van der Waals surface area (Å²) >= 11 is 0. The van der Waals surface area contributed by atoms with E-state index in [1.54, 1.807) is 6.20 Å². The van der Waals surface area contributed by atoms with E-state index in [9.17, 15) is 0 Å². The Labute approximate surface area is 97.4 Å². The van der Waals surface area contributed by atoms with E-state index >= 15 is 0 Å². The van der Waals surface area contributed by atoms with Gasteiger partial charge in [-0.1, -0.05) is 43.7 Å². The Kier molecular flexibility index (Phi) is 4.65. The number of nitrogens with zero attached hydrogens (tertiary/aromatic N) is 2. The molecule has 0 saturated carbocycles. The van der Waals surface area contributed by atoms with Crippen molar-refractivity contribution in [3.63, 3.8) is 0 Å². The van der Waals surface area contributed by atoms with Crippen molar-refractivity contribution in [3.8, 4) is 11.3 Å². The third kappa shape index (κ3) is 3.16. The van der Waals surface area contributed by atoms with Gasteiger partial charge in [-0.05, 0) is 19.9 Å². The number of benzene rings is 1. The van der Waals surface area contributed by atoms with E-state index in [1.165, 1.54) is 5.56 Å². The molecule has 0 aliphatic carbocycles. The minimum atomic E-state index is 0.808. The van der Waals surface area contributed by atoms with Crippen LogP contribution in [0.3, 0.4) is 0 Å². The van der Waals surface area contributed by atoms with Gasteiger partial charge in [-0.3, -0.25) is 0 Å². The van der Waals surface area contributed by atoms with E-state index in [1.807, 2.05) is 26.8 Å². The SMILES string of the molecule is CC.Cc1ccc(-c2ccnc(C)n2)cc1. The zero-order valence-electron chi connectivity index (χ0n) is 10.4. The molecule has 2 aromatic rings. The van der Waals surface area contributed by atoms with E-state index in [-0.39, 0.29) is 0 Å². The van der Waals surface area contributed by atoms with Crippen molar-refractivity contribution in [2.45, 2.75) is 27.7 Å². The number of hydrogen-bond acceptors (Lipinski definition) is 2. The van der Waals surface area contributed by atoms with Crippen LogP contribution in [-0.4, -0.2) is 9.97 Å². The first-order valence-corrected chi connectivity index (χ1v) is 5.62. The average molecular weight is 214 g/mol. The topological polar surface area (TPSA) is 25.8 Å². The highest BCUT2D eigenvalue weighted by Gasteiger charge is 1.98. The highest BCUT2D eigenvalue weighted by molar-refractivity contribution is 5.58. The monoisotopic (exact) mass is 214 g/mol. The summed E-state index contributed by atoms with van der Waals surface area (Å²) in [6.45, 7) is 7.98. The van der Waals surface area contributed by atoms with Gasteiger partial charge in [0.1, 0.15) is 5.82 Å². The third-order valence-corrected chi connectivity index (χ3v) is 2.12. The van der Waals surface area contributed by atoms with Crippen molar-refractivity contribution in [2.24, 2.45) is 0 Å². The Bertz CT molecular complexity index is 433. The number of rotatable bonds is 1. The van der Waals surface area contributed by atoms with Gasteiger partial charge >= 0.3 is 0 Å². The van der Waals surface area contributed by atoms with E-state index in [2.05, 4.69) is 41.2 Å². The molecule has 0 bridgehead atoms. The molecule has 2 nitrogen and oxygen atoms in total. The van der Waals surface area contributed by atoms with Crippen molar-refractivity contribution < 1.29 is 0 Å². The summed E-state index contributed by atoms with van der Waals surface area (Å²) in [7, 11) is 0. The molecule has 1 aromatic heterocycles. The van der Waals surface area contributed by atoms with Crippen LogP contribution in [0.15, 0.2) is 36.5 Å². The zero-order valence-corrected chi connectivity index (χ0v) is 10.4. The summed E-state index contributed by atoms with van der Waals surface area (Å²) in [5, 5.41) is 0. The van der Waals surface area contributed by atoms with E-state index < -0.39 is 0 Å². The fourth-order valence-electron chi connectivity index (χ4n) is 1.34. The van der Waals surface area contributed by atoms with Gasteiger partial charge < -0.3 is 0 Å². The average Bonchev–Trinajstić information content (AvgIpc) is 2.32. The molecular weight excluding hydrogens is 196 g/mol. The van der Waals surface area contributed by atoms with Gasteiger partial charge in [-0.2, -0.15) is 0 Å². The summed E-state index contributed by atoms with van der Waals surface area (Å²) < 4.78 is 0. The molecule has 0 aliphatic rings. The van der Waals surface area contributed by atoms with Gasteiger partial charge in [0, 0.05) is 11.8 Å². The molecule has 0 aliphatic heterocycles. The van der Waals surface area contributed by atoms with Crippen molar-refractivity contribution in [3.05, 3.63) is 47.9 Å². The molecule has 2 rings (SSSR count). The summed E-state index contributed by atoms with van der Waals surface area (Å²) in [5.74, 6) is 0.808. The molecule has 0 atom stereocenters. The molecule has 0 radical (unpaired) electrons. The van der Waals surface area contributed by atoms with Crippen LogP contribution in [0, 0.1) is 13.8 Å². The lowest BCUT2D eigenvalue weighted by Gasteiger charge is -2.01. The Morgan fingerprint density at radius 1 is 0.875 bits per heavy atom. The first-order valence-electron chi connectivity index (χ1n) is 5.62. The van der Waals surface area contributed by atoms with E-state index in [0.29, 0.717) is 0 Å². The smallest absolute Gasteiger partial charge is 0.125 e. The number of aryl methyl sites for hydroxylation is 2. The first kappa shape index (κ1) is 12.4. The Balaban J connectivity index is 0.000000606. The van der Waals surface area contributed by atoms with Gasteiger partial charge in [0.05, 0.1) is 5.69 Å². The molecule has 0 unspecified atom stereocenters. The highest BCUT2D eigenvalue weighted by Crippen LogP contribution is 2.16. The van der Waals surface area contributed by atoms with Gasteiger partial charge in [-0.15, -0.1) is 0 Å². The molecule has 84 valence electrons. The maximum atomic E-state index is 4.36. The van der Waals surface area contributed by atoms with Crippen LogP contribution in [0.4, 0.5) is 0 Å². The van der Waals surface area contributed by atoms with Crippen molar-refractivity contribution >= 4 is 0 Å². The minimum absolute atomic E-state index is 0.808. The Morgan fingerprint density at radius 2 is 1.50 bits per heavy atom. The number of hydrogen-bond donors (Lipinski definition) is 0. The van der Waals surface area contributed by atoms with Crippen molar-refractivity contribution in [1.82, 2.24) is 9.97 Å². The second kappa shape index (κ2) is 6.01. The second-order valence-corrected chi connectivity index (χ2v) is 3.36. The summed E-state index contributed by atoms with van der Waals surface area (Å²) in [6, 6.07) is 10.3. The quantitative estimate of drug-likeness (QED) is 0.721. The molecule has 1 heterocycles. The van der Waals surface area contributed by atoms with Crippen molar-refractivity contribution in [1.29, 1.82) is 0 Å². The van der Waals surface area contributed by atoms with Crippen LogP contribution in [0.1, 0.15) is 25.2 Å². The normalized spacial score (nSPS) is 9.25. The molecule has 0 saturated heterocycles. The zero-order chi connectivity index (χ0) is 12.0. The predicted octanol–water partition coefficient (Wildman–Crippen LogP) is 3.79. The molecule has 1 aromatic carbocycles. The molecule has 0 spiro atoms. The molecule has 0 N–H and O–H groups in total. The summed E-state index contributed by atoms with van der Waals surface area (Å²) in [5.41, 5.74) is 3.39. The fourth-order valence-corrected chi connectivity index (χ4v) is 1.34. The van der Waals surface area contributed by atoms with Crippen LogP contribution >= 0.6 is 0 Å². The Hall–Kier alpha value is -1.70. The molecule has 16 heavy (non-hydrogen) atoms. The van der Waals surface area contributed by atoms with E-state index in [0.717, 1.165) is 17.1 Å². The first-order chi connectivity index (χ1) is 7.75. The van der Waals surface area contributed by atoms with Gasteiger partial charge in [0.15, 0.2) is 0 Å². The maximum absolute atomic E-state index is 4.36. The second-order valence-electron chi connectivity index (χ2n) is 3.36. The van der Waals surface area contributed by atoms with E-state index in [4.69, 9.17) is 0 Å². The fraction of sp³-hybridized carbons (Fsp3) is 0.286.